The second-order valence-electron chi connectivity index (χ2n) is 9.83. The number of carbonyl (C=O) groups is 2. The Morgan fingerprint density at radius 2 is 1.94 bits per heavy atom. The monoisotopic (exact) mass is 490 g/mol. The van der Waals surface area contributed by atoms with Crippen molar-refractivity contribution in [2.24, 2.45) is 0 Å². The maximum Gasteiger partial charge on any atom is 0.407 e. The van der Waals surface area contributed by atoms with Crippen LogP contribution in [-0.2, 0) is 27.4 Å². The average molecular weight is 491 g/mol. The molecule has 1 unspecified atom stereocenters. The van der Waals surface area contributed by atoms with Crippen LogP contribution in [0.2, 0.25) is 0 Å². The van der Waals surface area contributed by atoms with E-state index in [-0.39, 0.29) is 23.8 Å². The molecule has 2 aromatic rings. The number of carbonyl (C=O) groups excluding carboxylic acids is 2. The smallest absolute Gasteiger partial charge is 0.407 e. The zero-order valence-corrected chi connectivity index (χ0v) is 21.1. The van der Waals surface area contributed by atoms with Crippen LogP contribution in [0.1, 0.15) is 47.5 Å². The molecule has 0 saturated carbocycles. The van der Waals surface area contributed by atoms with Gasteiger partial charge in [0.2, 0.25) is 5.95 Å². The summed E-state index contributed by atoms with van der Waals surface area (Å²) >= 11 is 0. The van der Waals surface area contributed by atoms with Crippen molar-refractivity contribution < 1.29 is 19.1 Å². The third-order valence-electron chi connectivity index (χ3n) is 5.49. The minimum Gasteiger partial charge on any atom is -0.468 e. The summed E-state index contributed by atoms with van der Waals surface area (Å²) in [5, 5.41) is 2.91. The molecule has 3 rings (SSSR count). The van der Waals surface area contributed by atoms with Crippen LogP contribution in [0.4, 0.5) is 10.7 Å². The molecule has 1 fully saturated rings. The second kappa shape index (κ2) is 10.4. The zero-order chi connectivity index (χ0) is 25.9. The first-order valence-electron chi connectivity index (χ1n) is 11.6. The number of piperidine rings is 1. The molecule has 0 bridgehead atoms. The van der Waals surface area contributed by atoms with Gasteiger partial charge in [-0.05, 0) is 47.5 Å². The number of ether oxygens (including phenoxy) is 2. The zero-order valence-electron chi connectivity index (χ0n) is 21.1. The van der Waals surface area contributed by atoms with Gasteiger partial charge in [0.25, 0.3) is 5.56 Å². The van der Waals surface area contributed by atoms with Gasteiger partial charge >= 0.3 is 17.8 Å². The topological polar surface area (TPSA) is 141 Å². The Balaban J connectivity index is 2.04. The summed E-state index contributed by atoms with van der Waals surface area (Å²) in [6.07, 6.45) is 2.99. The van der Waals surface area contributed by atoms with Gasteiger partial charge in [-0.3, -0.25) is 19.1 Å². The van der Waals surface area contributed by atoms with Crippen LogP contribution in [0.5, 0.6) is 0 Å². The summed E-state index contributed by atoms with van der Waals surface area (Å²) in [6.45, 7) is 10.3. The number of rotatable bonds is 6. The van der Waals surface area contributed by atoms with E-state index in [0.29, 0.717) is 25.6 Å². The fraction of sp³-hybridized carbons (Fsp3) is 0.609. The summed E-state index contributed by atoms with van der Waals surface area (Å²) in [6, 6.07) is -0.189. The van der Waals surface area contributed by atoms with Gasteiger partial charge in [-0.2, -0.15) is 4.98 Å². The lowest BCUT2D eigenvalue weighted by Crippen LogP contribution is -2.49. The number of anilines is 1. The van der Waals surface area contributed by atoms with Crippen LogP contribution >= 0.6 is 0 Å². The molecular weight excluding hydrogens is 456 g/mol. The van der Waals surface area contributed by atoms with E-state index in [0.717, 1.165) is 23.0 Å². The van der Waals surface area contributed by atoms with Gasteiger partial charge in [-0.1, -0.05) is 11.6 Å². The van der Waals surface area contributed by atoms with Crippen molar-refractivity contribution in [1.29, 1.82) is 0 Å². The highest BCUT2D eigenvalue weighted by molar-refractivity contribution is 5.77. The first-order chi connectivity index (χ1) is 16.4. The molecule has 192 valence electrons. The number of H-pyrrole nitrogens is 1. The van der Waals surface area contributed by atoms with Crippen LogP contribution in [0, 0.1) is 0 Å². The summed E-state index contributed by atoms with van der Waals surface area (Å²) in [5.41, 5.74) is -0.616. The molecule has 2 aromatic heterocycles. The molecule has 12 nitrogen and oxygen atoms in total. The summed E-state index contributed by atoms with van der Waals surface area (Å²) in [4.78, 5) is 58.5. The Kier molecular flexibility index (Phi) is 7.71. The molecule has 0 spiro atoms. The van der Waals surface area contributed by atoms with E-state index in [1.54, 1.807) is 25.3 Å². The molecule has 1 aliphatic heterocycles. The number of amides is 1. The normalized spacial score (nSPS) is 16.2. The molecule has 12 heteroatoms. The highest BCUT2D eigenvalue weighted by Gasteiger charge is 2.29. The number of aromatic nitrogens is 4. The van der Waals surface area contributed by atoms with Crippen LogP contribution in [-0.4, -0.2) is 63.0 Å². The fourth-order valence-corrected chi connectivity index (χ4v) is 3.94. The van der Waals surface area contributed by atoms with E-state index in [1.165, 1.54) is 7.11 Å². The average Bonchev–Trinajstić information content (AvgIpc) is 3.13. The summed E-state index contributed by atoms with van der Waals surface area (Å²) in [5.74, 6) is -0.164. The van der Waals surface area contributed by atoms with Crippen LogP contribution < -0.4 is 21.5 Å². The van der Waals surface area contributed by atoms with Gasteiger partial charge < -0.3 is 24.3 Å². The molecule has 1 saturated heterocycles. The van der Waals surface area contributed by atoms with E-state index in [2.05, 4.69) is 15.3 Å². The van der Waals surface area contributed by atoms with Crippen molar-refractivity contribution in [1.82, 2.24) is 24.4 Å². The van der Waals surface area contributed by atoms with Crippen molar-refractivity contribution in [3.05, 3.63) is 32.5 Å². The number of nitrogens with zero attached hydrogens (tertiary/aromatic N) is 4. The fourth-order valence-electron chi connectivity index (χ4n) is 3.94. The van der Waals surface area contributed by atoms with Crippen LogP contribution in [0.3, 0.4) is 0 Å². The maximum atomic E-state index is 12.9. The number of methoxy groups -OCH3 is 1. The number of alkyl carbamates (subject to hydrolysis) is 1. The van der Waals surface area contributed by atoms with Gasteiger partial charge in [-0.25, -0.2) is 9.59 Å². The predicted molar refractivity (Wildman–Crippen MR) is 131 cm³/mol. The van der Waals surface area contributed by atoms with Gasteiger partial charge in [0.1, 0.15) is 12.1 Å². The third kappa shape index (κ3) is 6.31. The van der Waals surface area contributed by atoms with E-state index in [4.69, 9.17) is 9.47 Å². The van der Waals surface area contributed by atoms with Crippen molar-refractivity contribution in [2.75, 3.05) is 25.1 Å². The predicted octanol–water partition coefficient (Wildman–Crippen LogP) is 1.52. The summed E-state index contributed by atoms with van der Waals surface area (Å²) < 4.78 is 12.9. The standard InChI is InChI=1S/C23H34N6O6/c1-14(2)9-11-28-17-18(29(13-16(30)34-6)21(32)26-19(17)31)25-20(28)27-10-7-8-15(12-27)24-22(33)35-23(3,4)5/h9,15H,7-8,10-13H2,1-6H3,(H,24,33)(H,26,31,32). The van der Waals surface area contributed by atoms with Gasteiger partial charge in [0.15, 0.2) is 11.2 Å². The maximum absolute atomic E-state index is 12.9. The van der Waals surface area contributed by atoms with Gasteiger partial charge in [0, 0.05) is 25.7 Å². The molecular formula is C23H34N6O6. The highest BCUT2D eigenvalue weighted by Crippen LogP contribution is 2.24. The van der Waals surface area contributed by atoms with E-state index < -0.39 is 28.9 Å². The highest BCUT2D eigenvalue weighted by atomic mass is 16.6. The molecule has 0 aliphatic carbocycles. The number of allylic oxidation sites excluding steroid dienone is 2. The van der Waals surface area contributed by atoms with E-state index in [1.807, 2.05) is 24.8 Å². The third-order valence-corrected chi connectivity index (χ3v) is 5.49. The Morgan fingerprint density at radius 3 is 2.57 bits per heavy atom. The number of nitrogens with one attached hydrogen (secondary N) is 2. The molecule has 0 aromatic carbocycles. The Morgan fingerprint density at radius 1 is 1.23 bits per heavy atom. The Bertz CT molecular complexity index is 1240. The quantitative estimate of drug-likeness (QED) is 0.459. The number of hydrogen-bond acceptors (Lipinski definition) is 8. The number of fused-ring (bicyclic) bond motifs is 1. The Labute approximate surface area is 202 Å². The second-order valence-corrected chi connectivity index (χ2v) is 9.83. The molecule has 0 radical (unpaired) electrons. The number of aromatic amines is 1. The first kappa shape index (κ1) is 26.0. The molecule has 3 heterocycles. The number of imidazole rings is 1. The van der Waals surface area contributed by atoms with Gasteiger partial charge in [0.05, 0.1) is 7.11 Å². The molecule has 35 heavy (non-hydrogen) atoms. The molecule has 1 aliphatic rings. The minimum absolute atomic E-state index is 0.100. The van der Waals surface area contributed by atoms with Crippen molar-refractivity contribution in [3.63, 3.8) is 0 Å². The van der Waals surface area contributed by atoms with Crippen molar-refractivity contribution in [3.8, 4) is 0 Å². The van der Waals surface area contributed by atoms with E-state index >= 15 is 0 Å². The largest absolute Gasteiger partial charge is 0.468 e. The lowest BCUT2D eigenvalue weighted by molar-refractivity contribution is -0.141. The first-order valence-corrected chi connectivity index (χ1v) is 11.6. The lowest BCUT2D eigenvalue weighted by Gasteiger charge is -2.34. The molecule has 2 N–H and O–H groups in total. The van der Waals surface area contributed by atoms with Crippen molar-refractivity contribution >= 4 is 29.2 Å². The Hall–Kier alpha value is -3.57. The van der Waals surface area contributed by atoms with Crippen LogP contribution in [0.15, 0.2) is 21.2 Å². The SMILES string of the molecule is COC(=O)Cn1c(=O)[nH]c(=O)c2c1nc(N1CCCC(NC(=O)OC(C)(C)C)C1)n2CC=C(C)C. The van der Waals surface area contributed by atoms with Crippen molar-refractivity contribution in [2.45, 2.75) is 72.2 Å². The van der Waals surface area contributed by atoms with Crippen LogP contribution in [0.25, 0.3) is 11.2 Å². The van der Waals surface area contributed by atoms with Gasteiger partial charge in [-0.15, -0.1) is 0 Å². The summed E-state index contributed by atoms with van der Waals surface area (Å²) in [7, 11) is 1.22. The van der Waals surface area contributed by atoms with E-state index in [9.17, 15) is 19.2 Å². The molecule has 1 amide bonds. The number of hydrogen-bond donors (Lipinski definition) is 2. The molecule has 1 atom stereocenters. The minimum atomic E-state index is -0.741. The lowest BCUT2D eigenvalue weighted by atomic mass is 10.1. The number of esters is 1.